The Balaban J connectivity index is 1.79. The molecule has 2 saturated carbocycles. The molecule has 1 aromatic carbocycles. The van der Waals surface area contributed by atoms with Crippen LogP contribution in [0.2, 0.25) is 0 Å². The SMILES string of the molecule is Nc1c(C(=O)NC2CC3CCC2C3)cccc1C(F)(F)F. The second-order valence-corrected chi connectivity index (χ2v) is 6.02. The minimum Gasteiger partial charge on any atom is -0.398 e. The van der Waals surface area contributed by atoms with Crippen molar-refractivity contribution in [1.82, 2.24) is 5.32 Å². The van der Waals surface area contributed by atoms with Gasteiger partial charge >= 0.3 is 6.18 Å². The zero-order chi connectivity index (χ0) is 15.2. The van der Waals surface area contributed by atoms with Crippen LogP contribution in [0.1, 0.15) is 41.6 Å². The molecule has 2 fully saturated rings. The van der Waals surface area contributed by atoms with E-state index in [1.165, 1.54) is 18.6 Å². The van der Waals surface area contributed by atoms with Crippen molar-refractivity contribution in [3.05, 3.63) is 29.3 Å². The molecule has 3 unspecified atom stereocenters. The zero-order valence-electron chi connectivity index (χ0n) is 11.4. The van der Waals surface area contributed by atoms with Crippen LogP contribution in [-0.4, -0.2) is 11.9 Å². The van der Waals surface area contributed by atoms with Crippen molar-refractivity contribution in [3.63, 3.8) is 0 Å². The van der Waals surface area contributed by atoms with Crippen molar-refractivity contribution in [1.29, 1.82) is 0 Å². The van der Waals surface area contributed by atoms with Gasteiger partial charge in [-0.05, 0) is 43.2 Å². The van der Waals surface area contributed by atoms with E-state index in [2.05, 4.69) is 5.32 Å². The van der Waals surface area contributed by atoms with Crippen LogP contribution in [0.25, 0.3) is 0 Å². The van der Waals surface area contributed by atoms with Crippen LogP contribution in [0.4, 0.5) is 18.9 Å². The van der Waals surface area contributed by atoms with E-state index in [1.807, 2.05) is 0 Å². The predicted octanol–water partition coefficient (Wildman–Crippen LogP) is 3.21. The monoisotopic (exact) mass is 298 g/mol. The number of carbonyl (C=O) groups is 1. The third kappa shape index (κ3) is 2.59. The average molecular weight is 298 g/mol. The van der Waals surface area contributed by atoms with Gasteiger partial charge in [-0.25, -0.2) is 0 Å². The summed E-state index contributed by atoms with van der Waals surface area (Å²) in [5.41, 5.74) is 4.00. The van der Waals surface area contributed by atoms with E-state index in [-0.39, 0.29) is 11.6 Å². The Labute approximate surface area is 120 Å². The molecule has 3 atom stereocenters. The van der Waals surface area contributed by atoms with Crippen LogP contribution in [0.5, 0.6) is 0 Å². The van der Waals surface area contributed by atoms with Gasteiger partial charge in [0.15, 0.2) is 0 Å². The number of benzene rings is 1. The Hall–Kier alpha value is -1.72. The third-order valence-electron chi connectivity index (χ3n) is 4.71. The van der Waals surface area contributed by atoms with Gasteiger partial charge in [-0.2, -0.15) is 13.2 Å². The Kier molecular flexibility index (Phi) is 3.34. The van der Waals surface area contributed by atoms with E-state index in [4.69, 9.17) is 5.73 Å². The fourth-order valence-electron chi connectivity index (χ4n) is 3.68. The lowest BCUT2D eigenvalue weighted by atomic mass is 9.95. The number of carbonyl (C=O) groups excluding carboxylic acids is 1. The first kappa shape index (κ1) is 14.2. The van der Waals surface area contributed by atoms with Gasteiger partial charge in [0.2, 0.25) is 0 Å². The number of nitrogens with one attached hydrogen (secondary N) is 1. The van der Waals surface area contributed by atoms with E-state index < -0.39 is 23.3 Å². The van der Waals surface area contributed by atoms with Gasteiger partial charge in [0.25, 0.3) is 5.91 Å². The summed E-state index contributed by atoms with van der Waals surface area (Å²) in [6.07, 6.45) is -0.221. The van der Waals surface area contributed by atoms with Gasteiger partial charge < -0.3 is 11.1 Å². The van der Waals surface area contributed by atoms with Crippen LogP contribution in [0.3, 0.4) is 0 Å². The normalized spacial score (nSPS) is 27.9. The second kappa shape index (κ2) is 4.93. The maximum atomic E-state index is 12.8. The molecule has 0 saturated heterocycles. The van der Waals surface area contributed by atoms with E-state index in [0.717, 1.165) is 25.3 Å². The first-order valence-corrected chi connectivity index (χ1v) is 7.13. The van der Waals surface area contributed by atoms with Crippen LogP contribution >= 0.6 is 0 Å². The van der Waals surface area contributed by atoms with Crippen molar-refractivity contribution in [2.75, 3.05) is 5.73 Å². The molecule has 6 heteroatoms. The van der Waals surface area contributed by atoms with Crippen molar-refractivity contribution in [3.8, 4) is 0 Å². The number of hydrogen-bond donors (Lipinski definition) is 2. The van der Waals surface area contributed by atoms with Crippen LogP contribution in [0, 0.1) is 11.8 Å². The molecular formula is C15H17F3N2O. The lowest BCUT2D eigenvalue weighted by Gasteiger charge is -2.23. The maximum absolute atomic E-state index is 12.8. The molecule has 0 aromatic heterocycles. The summed E-state index contributed by atoms with van der Waals surface area (Å²) in [4.78, 5) is 12.2. The summed E-state index contributed by atoms with van der Waals surface area (Å²) in [5.74, 6) is 0.612. The first-order chi connectivity index (χ1) is 9.86. The molecule has 1 aromatic rings. The quantitative estimate of drug-likeness (QED) is 0.824. The molecule has 0 radical (unpaired) electrons. The molecule has 21 heavy (non-hydrogen) atoms. The van der Waals surface area contributed by atoms with Crippen LogP contribution < -0.4 is 11.1 Å². The molecule has 114 valence electrons. The van der Waals surface area contributed by atoms with Gasteiger partial charge in [-0.3, -0.25) is 4.79 Å². The first-order valence-electron chi connectivity index (χ1n) is 7.13. The summed E-state index contributed by atoms with van der Waals surface area (Å²) in [7, 11) is 0. The number of rotatable bonds is 2. The minimum absolute atomic E-state index is 0.0743. The molecule has 0 aliphatic heterocycles. The largest absolute Gasteiger partial charge is 0.418 e. The molecule has 3 N–H and O–H groups in total. The molecule has 2 aliphatic carbocycles. The van der Waals surface area contributed by atoms with Gasteiger partial charge in [0.05, 0.1) is 16.8 Å². The summed E-state index contributed by atoms with van der Waals surface area (Å²) in [5, 5.41) is 2.86. The van der Waals surface area contributed by atoms with Gasteiger partial charge in [0, 0.05) is 6.04 Å². The number of amides is 1. The van der Waals surface area contributed by atoms with Gasteiger partial charge in [-0.15, -0.1) is 0 Å². The zero-order valence-corrected chi connectivity index (χ0v) is 11.4. The Morgan fingerprint density at radius 3 is 2.57 bits per heavy atom. The number of hydrogen-bond acceptors (Lipinski definition) is 2. The smallest absolute Gasteiger partial charge is 0.398 e. The van der Waals surface area contributed by atoms with Crippen LogP contribution in [-0.2, 0) is 6.18 Å². The highest BCUT2D eigenvalue weighted by atomic mass is 19.4. The lowest BCUT2D eigenvalue weighted by molar-refractivity contribution is -0.136. The molecule has 1 amide bonds. The highest BCUT2D eigenvalue weighted by molar-refractivity contribution is 6.00. The number of alkyl halides is 3. The summed E-state index contributed by atoms with van der Waals surface area (Å²) in [6.45, 7) is 0. The maximum Gasteiger partial charge on any atom is 0.418 e. The number of nitrogen functional groups attached to an aromatic ring is 1. The van der Waals surface area contributed by atoms with E-state index in [0.29, 0.717) is 11.8 Å². The highest BCUT2D eigenvalue weighted by Gasteiger charge is 2.40. The molecule has 3 nitrogen and oxygen atoms in total. The summed E-state index contributed by atoms with van der Waals surface area (Å²) in [6, 6.07) is 3.52. The molecule has 0 heterocycles. The van der Waals surface area contributed by atoms with E-state index in [1.54, 1.807) is 0 Å². The van der Waals surface area contributed by atoms with Gasteiger partial charge in [0.1, 0.15) is 0 Å². The molecule has 3 rings (SSSR count). The topological polar surface area (TPSA) is 55.1 Å². The van der Waals surface area contributed by atoms with E-state index in [9.17, 15) is 18.0 Å². The predicted molar refractivity (Wildman–Crippen MR) is 72.6 cm³/mol. The number of halogens is 3. The second-order valence-electron chi connectivity index (χ2n) is 6.02. The third-order valence-corrected chi connectivity index (χ3v) is 4.71. The summed E-state index contributed by atoms with van der Waals surface area (Å²) < 4.78 is 38.4. The Morgan fingerprint density at radius 2 is 2.00 bits per heavy atom. The highest BCUT2D eigenvalue weighted by Crippen LogP contribution is 2.44. The lowest BCUT2D eigenvalue weighted by Crippen LogP contribution is -2.38. The average Bonchev–Trinajstić information content (AvgIpc) is 2.99. The van der Waals surface area contributed by atoms with Crippen molar-refractivity contribution in [2.45, 2.75) is 37.9 Å². The standard InChI is InChI=1S/C15H17F3N2O/c16-15(17,18)11-3-1-2-10(13(11)19)14(21)20-12-7-8-4-5-9(12)6-8/h1-3,8-9,12H,4-7,19H2,(H,20,21). The molecule has 2 aliphatic rings. The summed E-state index contributed by atoms with van der Waals surface area (Å²) >= 11 is 0. The number of anilines is 1. The number of nitrogens with two attached hydrogens (primary N) is 1. The van der Waals surface area contributed by atoms with Crippen molar-refractivity contribution >= 4 is 11.6 Å². The number of para-hydroxylation sites is 1. The fourth-order valence-corrected chi connectivity index (χ4v) is 3.68. The van der Waals surface area contributed by atoms with E-state index >= 15 is 0 Å². The Morgan fingerprint density at radius 1 is 1.24 bits per heavy atom. The fraction of sp³-hybridized carbons (Fsp3) is 0.533. The molecular weight excluding hydrogens is 281 g/mol. The van der Waals surface area contributed by atoms with Crippen molar-refractivity contribution < 1.29 is 18.0 Å². The minimum atomic E-state index is -4.55. The van der Waals surface area contributed by atoms with Crippen molar-refractivity contribution in [2.24, 2.45) is 11.8 Å². The Bertz CT molecular complexity index is 571. The number of fused-ring (bicyclic) bond motifs is 2. The van der Waals surface area contributed by atoms with Gasteiger partial charge in [-0.1, -0.05) is 12.5 Å². The molecule has 2 bridgehead atoms. The molecule has 0 spiro atoms. The van der Waals surface area contributed by atoms with Crippen LogP contribution in [0.15, 0.2) is 18.2 Å².